The van der Waals surface area contributed by atoms with Gasteiger partial charge in [0.15, 0.2) is 0 Å². The molecule has 1 aliphatic rings. The first-order valence-electron chi connectivity index (χ1n) is 7.20. The van der Waals surface area contributed by atoms with Crippen molar-refractivity contribution in [3.05, 3.63) is 34.8 Å². The minimum Gasteiger partial charge on any atom is -0.497 e. The summed E-state index contributed by atoms with van der Waals surface area (Å²) >= 11 is 1.36. The molecule has 1 amide bonds. The Morgan fingerprint density at radius 2 is 2.17 bits per heavy atom. The first kappa shape index (κ1) is 15.4. The van der Waals surface area contributed by atoms with Crippen LogP contribution in [-0.2, 0) is 16.1 Å². The molecule has 23 heavy (non-hydrogen) atoms. The third-order valence-electron chi connectivity index (χ3n) is 3.38. The van der Waals surface area contributed by atoms with Crippen LogP contribution < -0.4 is 10.1 Å². The van der Waals surface area contributed by atoms with E-state index in [1.54, 1.807) is 7.11 Å². The van der Waals surface area contributed by atoms with Crippen molar-refractivity contribution in [1.82, 2.24) is 10.2 Å². The average molecular weight is 332 g/mol. The van der Waals surface area contributed by atoms with Crippen molar-refractivity contribution in [2.75, 3.05) is 12.4 Å². The number of benzene rings is 1. The van der Waals surface area contributed by atoms with Crippen LogP contribution in [0.15, 0.2) is 29.4 Å². The topological polar surface area (TPSA) is 85.7 Å². The molecule has 1 atom stereocenters. The summed E-state index contributed by atoms with van der Waals surface area (Å²) in [5.41, 5.74) is 1.64. The van der Waals surface area contributed by atoms with Gasteiger partial charge in [-0.15, -0.1) is 10.2 Å². The fourth-order valence-electron chi connectivity index (χ4n) is 2.10. The molecule has 8 heteroatoms. The summed E-state index contributed by atoms with van der Waals surface area (Å²) in [6, 6.07) is 7.47. The molecule has 2 aromatic rings. The summed E-state index contributed by atoms with van der Waals surface area (Å²) in [7, 11) is 1.61. The van der Waals surface area contributed by atoms with Crippen LogP contribution in [0.2, 0.25) is 0 Å². The molecule has 0 aliphatic carbocycles. The second kappa shape index (κ2) is 6.74. The zero-order valence-electron chi connectivity index (χ0n) is 12.8. The average Bonchev–Trinajstić information content (AvgIpc) is 3.24. The zero-order chi connectivity index (χ0) is 16.2. The zero-order valence-corrected chi connectivity index (χ0v) is 13.6. The molecule has 0 bridgehead atoms. The molecule has 1 aromatic carbocycles. The van der Waals surface area contributed by atoms with E-state index < -0.39 is 6.10 Å². The van der Waals surface area contributed by atoms with Crippen LogP contribution in [0.1, 0.15) is 23.9 Å². The first-order valence-corrected chi connectivity index (χ1v) is 8.01. The predicted molar refractivity (Wildman–Crippen MR) is 86.9 cm³/mol. The molecule has 0 saturated heterocycles. The minimum atomic E-state index is -0.652. The van der Waals surface area contributed by atoms with E-state index >= 15 is 0 Å². The number of nitrogens with zero attached hydrogens (tertiary/aromatic N) is 3. The fourth-order valence-corrected chi connectivity index (χ4v) is 2.79. The minimum absolute atomic E-state index is 0.268. The van der Waals surface area contributed by atoms with Crippen molar-refractivity contribution in [2.24, 2.45) is 5.16 Å². The molecule has 7 nitrogen and oxygen atoms in total. The van der Waals surface area contributed by atoms with Crippen molar-refractivity contribution < 1.29 is 14.4 Å². The smallest absolute Gasteiger partial charge is 0.270 e. The summed E-state index contributed by atoms with van der Waals surface area (Å²) in [5.74, 6) is 0.502. The molecule has 1 aliphatic heterocycles. The number of hydrogen-bond acceptors (Lipinski definition) is 7. The van der Waals surface area contributed by atoms with E-state index in [0.29, 0.717) is 11.6 Å². The van der Waals surface area contributed by atoms with Crippen molar-refractivity contribution in [1.29, 1.82) is 0 Å². The van der Waals surface area contributed by atoms with Crippen LogP contribution in [0.4, 0.5) is 5.13 Å². The molecule has 3 rings (SSSR count). The van der Waals surface area contributed by atoms with Gasteiger partial charge in [-0.05, 0) is 36.2 Å². The maximum Gasteiger partial charge on any atom is 0.270 e. The van der Waals surface area contributed by atoms with Crippen molar-refractivity contribution in [3.8, 4) is 5.75 Å². The van der Waals surface area contributed by atoms with Crippen LogP contribution >= 0.6 is 11.3 Å². The Bertz CT molecular complexity index is 727. The van der Waals surface area contributed by atoms with Crippen molar-refractivity contribution in [3.63, 3.8) is 0 Å². The number of ether oxygens (including phenoxy) is 1. The van der Waals surface area contributed by atoms with Gasteiger partial charge < -0.3 is 9.57 Å². The highest BCUT2D eigenvalue weighted by molar-refractivity contribution is 7.15. The summed E-state index contributed by atoms with van der Waals surface area (Å²) in [6.07, 6.45) is 0.552. The number of hydrogen-bond donors (Lipinski definition) is 1. The quantitative estimate of drug-likeness (QED) is 0.907. The normalized spacial score (nSPS) is 16.6. The van der Waals surface area contributed by atoms with Crippen molar-refractivity contribution >= 4 is 28.1 Å². The highest BCUT2D eigenvalue weighted by atomic mass is 32.1. The van der Waals surface area contributed by atoms with Gasteiger partial charge in [-0.3, -0.25) is 10.1 Å². The van der Waals surface area contributed by atoms with E-state index in [1.807, 2.05) is 31.2 Å². The largest absolute Gasteiger partial charge is 0.497 e. The standard InChI is InChI=1S/C15H16N4O3S/c1-3-13-17-18-15(23-13)16-14(20)12-8-11(19-22-12)9-4-6-10(21-2)7-5-9/h4-7,12H,3,8H2,1-2H3,(H,16,18,20). The van der Waals surface area contributed by atoms with E-state index in [4.69, 9.17) is 9.57 Å². The molecule has 0 saturated carbocycles. The SMILES string of the molecule is CCc1nnc(NC(=O)C2CC(c3ccc(OC)cc3)=NO2)s1. The number of nitrogens with one attached hydrogen (secondary N) is 1. The lowest BCUT2D eigenvalue weighted by molar-refractivity contribution is -0.125. The Hall–Kier alpha value is -2.48. The second-order valence-electron chi connectivity index (χ2n) is 4.91. The number of rotatable bonds is 5. The Morgan fingerprint density at radius 3 is 2.83 bits per heavy atom. The van der Waals surface area contributed by atoms with Crippen LogP contribution in [0, 0.1) is 0 Å². The van der Waals surface area contributed by atoms with E-state index in [1.165, 1.54) is 11.3 Å². The monoisotopic (exact) mass is 332 g/mol. The molecule has 1 aromatic heterocycles. The molecular weight excluding hydrogens is 316 g/mol. The third kappa shape index (κ3) is 3.48. The van der Waals surface area contributed by atoms with Gasteiger partial charge in [0.1, 0.15) is 10.8 Å². The van der Waals surface area contributed by atoms with Crippen LogP contribution in [0.3, 0.4) is 0 Å². The number of oxime groups is 1. The lowest BCUT2D eigenvalue weighted by Gasteiger charge is -2.06. The van der Waals surface area contributed by atoms with Crippen molar-refractivity contribution in [2.45, 2.75) is 25.9 Å². The Morgan fingerprint density at radius 1 is 1.39 bits per heavy atom. The predicted octanol–water partition coefficient (Wildman–Crippen LogP) is 2.24. The molecule has 1 unspecified atom stereocenters. The number of amides is 1. The summed E-state index contributed by atoms with van der Waals surface area (Å²) < 4.78 is 5.12. The summed E-state index contributed by atoms with van der Waals surface area (Å²) in [5, 5.41) is 16.0. The maximum atomic E-state index is 12.2. The first-order chi connectivity index (χ1) is 11.2. The Kier molecular flexibility index (Phi) is 4.52. The summed E-state index contributed by atoms with van der Waals surface area (Å²) in [4.78, 5) is 17.4. The highest BCUT2D eigenvalue weighted by Crippen LogP contribution is 2.21. The van der Waals surface area contributed by atoms with E-state index in [2.05, 4.69) is 20.7 Å². The van der Waals surface area contributed by atoms with Gasteiger partial charge in [0.2, 0.25) is 11.2 Å². The fraction of sp³-hybridized carbons (Fsp3) is 0.333. The van der Waals surface area contributed by atoms with Gasteiger partial charge in [-0.2, -0.15) is 0 Å². The molecule has 0 spiro atoms. The number of aryl methyl sites for hydroxylation is 1. The molecule has 2 heterocycles. The van der Waals surface area contributed by atoms with Crippen LogP contribution in [0.25, 0.3) is 0 Å². The van der Waals surface area contributed by atoms with Gasteiger partial charge in [0, 0.05) is 6.42 Å². The Labute approximate surface area is 137 Å². The van der Waals surface area contributed by atoms with Gasteiger partial charge in [-0.25, -0.2) is 0 Å². The molecular formula is C15H16N4O3S. The number of aromatic nitrogens is 2. The van der Waals surface area contributed by atoms with Gasteiger partial charge in [0.05, 0.1) is 12.8 Å². The second-order valence-corrected chi connectivity index (χ2v) is 5.97. The molecule has 0 fully saturated rings. The van der Waals surface area contributed by atoms with Crippen LogP contribution in [-0.4, -0.2) is 35.0 Å². The lowest BCUT2D eigenvalue weighted by Crippen LogP contribution is -2.28. The Balaban J connectivity index is 1.60. The number of carbonyl (C=O) groups is 1. The lowest BCUT2D eigenvalue weighted by atomic mass is 10.0. The number of anilines is 1. The van der Waals surface area contributed by atoms with Gasteiger partial charge in [-0.1, -0.05) is 23.4 Å². The number of methoxy groups -OCH3 is 1. The molecule has 120 valence electrons. The maximum absolute atomic E-state index is 12.2. The number of carbonyl (C=O) groups excluding carboxylic acids is 1. The van der Waals surface area contributed by atoms with Gasteiger partial charge in [0.25, 0.3) is 5.91 Å². The van der Waals surface area contributed by atoms with E-state index in [-0.39, 0.29) is 5.91 Å². The molecule has 0 radical (unpaired) electrons. The molecule has 1 N–H and O–H groups in total. The van der Waals surface area contributed by atoms with Crippen LogP contribution in [0.5, 0.6) is 5.75 Å². The highest BCUT2D eigenvalue weighted by Gasteiger charge is 2.29. The summed E-state index contributed by atoms with van der Waals surface area (Å²) in [6.45, 7) is 1.99. The van der Waals surface area contributed by atoms with E-state index in [0.717, 1.165) is 28.5 Å². The van der Waals surface area contributed by atoms with E-state index in [9.17, 15) is 4.79 Å². The third-order valence-corrected chi connectivity index (χ3v) is 4.37. The van der Waals surface area contributed by atoms with Gasteiger partial charge >= 0.3 is 0 Å².